The Balaban J connectivity index is 2.27. The summed E-state index contributed by atoms with van der Waals surface area (Å²) in [5.41, 5.74) is 1.29. The summed E-state index contributed by atoms with van der Waals surface area (Å²) < 4.78 is 4.88. The van der Waals surface area contributed by atoms with Crippen molar-refractivity contribution in [3.05, 3.63) is 35.2 Å². The molecule has 0 bridgehead atoms. The molecule has 0 aliphatic carbocycles. The average Bonchev–Trinajstić information content (AvgIpc) is 2.67. The SMILES string of the molecule is CCOC(=O)c1cncc(/C=C2\CC(=O)N(C)C2=O)c1. The normalized spacial score (nSPS) is 16.9. The Labute approximate surface area is 116 Å². The van der Waals surface area contributed by atoms with Crippen molar-refractivity contribution in [2.45, 2.75) is 13.3 Å². The van der Waals surface area contributed by atoms with Crippen molar-refractivity contribution in [3.8, 4) is 0 Å². The molecule has 0 aromatic carbocycles. The van der Waals surface area contributed by atoms with E-state index in [2.05, 4.69) is 4.98 Å². The molecule has 20 heavy (non-hydrogen) atoms. The molecule has 104 valence electrons. The molecule has 0 saturated carbocycles. The fourth-order valence-electron chi connectivity index (χ4n) is 1.86. The van der Waals surface area contributed by atoms with Crippen LogP contribution < -0.4 is 0 Å². The molecule has 1 saturated heterocycles. The van der Waals surface area contributed by atoms with E-state index in [1.165, 1.54) is 19.4 Å². The molecule has 1 aromatic heterocycles. The number of aromatic nitrogens is 1. The molecule has 2 heterocycles. The number of amides is 2. The quantitative estimate of drug-likeness (QED) is 0.467. The number of imide groups is 1. The predicted octanol–water partition coefficient (Wildman–Crippen LogP) is 1.03. The van der Waals surface area contributed by atoms with Crippen LogP contribution in [0.1, 0.15) is 29.3 Å². The van der Waals surface area contributed by atoms with Gasteiger partial charge in [0.1, 0.15) is 0 Å². The first-order valence-electron chi connectivity index (χ1n) is 6.16. The summed E-state index contributed by atoms with van der Waals surface area (Å²) in [6, 6.07) is 1.58. The Kier molecular flexibility index (Phi) is 3.93. The van der Waals surface area contributed by atoms with Crippen molar-refractivity contribution < 1.29 is 19.1 Å². The third-order valence-electron chi connectivity index (χ3n) is 2.91. The van der Waals surface area contributed by atoms with E-state index >= 15 is 0 Å². The van der Waals surface area contributed by atoms with E-state index in [1.807, 2.05) is 0 Å². The van der Waals surface area contributed by atoms with Crippen LogP contribution in [-0.2, 0) is 14.3 Å². The lowest BCUT2D eigenvalue weighted by Crippen LogP contribution is -2.23. The van der Waals surface area contributed by atoms with Gasteiger partial charge in [-0.15, -0.1) is 0 Å². The number of likely N-dealkylation sites (tertiary alicyclic amines) is 1. The van der Waals surface area contributed by atoms with Crippen molar-refractivity contribution >= 4 is 23.9 Å². The van der Waals surface area contributed by atoms with Gasteiger partial charge in [0.25, 0.3) is 5.91 Å². The molecule has 2 rings (SSSR count). The van der Waals surface area contributed by atoms with Crippen LogP contribution >= 0.6 is 0 Å². The van der Waals surface area contributed by atoms with E-state index in [0.29, 0.717) is 16.7 Å². The molecular formula is C14H14N2O4. The number of likely N-dealkylation sites (N-methyl/N-ethyl adjacent to an activating group) is 1. The molecule has 0 spiro atoms. The number of hydrogen-bond acceptors (Lipinski definition) is 5. The lowest BCUT2D eigenvalue weighted by molar-refractivity contribution is -0.135. The van der Waals surface area contributed by atoms with Gasteiger partial charge in [0, 0.05) is 25.0 Å². The highest BCUT2D eigenvalue weighted by molar-refractivity contribution is 6.15. The lowest BCUT2D eigenvalue weighted by atomic mass is 10.1. The summed E-state index contributed by atoms with van der Waals surface area (Å²) >= 11 is 0. The zero-order valence-electron chi connectivity index (χ0n) is 11.3. The van der Waals surface area contributed by atoms with Crippen LogP contribution in [0.15, 0.2) is 24.0 Å². The maximum atomic E-state index is 11.8. The van der Waals surface area contributed by atoms with Gasteiger partial charge in [-0.2, -0.15) is 0 Å². The van der Waals surface area contributed by atoms with Crippen LogP contribution in [0.25, 0.3) is 6.08 Å². The summed E-state index contributed by atoms with van der Waals surface area (Å²) in [6.45, 7) is 2.00. The summed E-state index contributed by atoms with van der Waals surface area (Å²) in [5, 5.41) is 0. The van der Waals surface area contributed by atoms with Gasteiger partial charge in [0.2, 0.25) is 5.91 Å². The van der Waals surface area contributed by atoms with E-state index in [1.54, 1.807) is 19.1 Å². The van der Waals surface area contributed by atoms with Crippen molar-refractivity contribution in [1.29, 1.82) is 0 Å². The molecule has 1 aliphatic heterocycles. The van der Waals surface area contributed by atoms with Gasteiger partial charge < -0.3 is 4.74 Å². The van der Waals surface area contributed by atoms with Crippen molar-refractivity contribution in [3.63, 3.8) is 0 Å². The smallest absolute Gasteiger partial charge is 0.339 e. The molecule has 6 nitrogen and oxygen atoms in total. The van der Waals surface area contributed by atoms with Crippen molar-refractivity contribution in [2.75, 3.05) is 13.7 Å². The summed E-state index contributed by atoms with van der Waals surface area (Å²) in [5.74, 6) is -1.03. The van der Waals surface area contributed by atoms with Crippen LogP contribution in [0.2, 0.25) is 0 Å². The van der Waals surface area contributed by atoms with E-state index in [0.717, 1.165) is 4.90 Å². The third kappa shape index (κ3) is 2.74. The molecule has 0 N–H and O–H groups in total. The van der Waals surface area contributed by atoms with E-state index < -0.39 is 5.97 Å². The largest absolute Gasteiger partial charge is 0.462 e. The molecule has 0 radical (unpaired) electrons. The minimum absolute atomic E-state index is 0.0684. The van der Waals surface area contributed by atoms with Gasteiger partial charge in [-0.3, -0.25) is 19.5 Å². The van der Waals surface area contributed by atoms with Gasteiger partial charge in [0.05, 0.1) is 18.6 Å². The highest BCUT2D eigenvalue weighted by Crippen LogP contribution is 2.20. The number of carbonyl (C=O) groups excluding carboxylic acids is 3. The van der Waals surface area contributed by atoms with Gasteiger partial charge in [-0.1, -0.05) is 0 Å². The number of esters is 1. The Hall–Kier alpha value is -2.50. The van der Waals surface area contributed by atoms with Gasteiger partial charge >= 0.3 is 5.97 Å². The van der Waals surface area contributed by atoms with E-state index in [-0.39, 0.29) is 24.8 Å². The summed E-state index contributed by atoms with van der Waals surface area (Å²) in [6.07, 6.45) is 4.55. The number of ether oxygens (including phenoxy) is 1. The second-order valence-corrected chi connectivity index (χ2v) is 4.33. The zero-order chi connectivity index (χ0) is 14.7. The van der Waals surface area contributed by atoms with Crippen LogP contribution in [0.5, 0.6) is 0 Å². The minimum Gasteiger partial charge on any atom is -0.462 e. The van der Waals surface area contributed by atoms with E-state index in [9.17, 15) is 14.4 Å². The van der Waals surface area contributed by atoms with E-state index in [4.69, 9.17) is 4.74 Å². The van der Waals surface area contributed by atoms with Gasteiger partial charge in [-0.05, 0) is 24.6 Å². The van der Waals surface area contributed by atoms with Crippen molar-refractivity contribution in [2.24, 2.45) is 0 Å². The van der Waals surface area contributed by atoms with Gasteiger partial charge in [0.15, 0.2) is 0 Å². The Morgan fingerprint density at radius 1 is 1.45 bits per heavy atom. The second-order valence-electron chi connectivity index (χ2n) is 4.33. The Bertz CT molecular complexity index is 607. The minimum atomic E-state index is -0.466. The molecule has 0 atom stereocenters. The average molecular weight is 274 g/mol. The molecule has 6 heteroatoms. The van der Waals surface area contributed by atoms with Crippen LogP contribution in [-0.4, -0.2) is 41.3 Å². The number of nitrogens with zero attached hydrogens (tertiary/aromatic N) is 2. The summed E-state index contributed by atoms with van der Waals surface area (Å²) in [7, 11) is 1.44. The second kappa shape index (κ2) is 5.64. The molecule has 2 amide bonds. The fraction of sp³-hybridized carbons (Fsp3) is 0.286. The number of pyridine rings is 1. The number of carbonyl (C=O) groups is 3. The zero-order valence-corrected chi connectivity index (χ0v) is 11.3. The number of rotatable bonds is 3. The van der Waals surface area contributed by atoms with Crippen molar-refractivity contribution in [1.82, 2.24) is 9.88 Å². The molecule has 1 fully saturated rings. The molecule has 1 aromatic rings. The fourth-order valence-corrected chi connectivity index (χ4v) is 1.86. The first kappa shape index (κ1) is 13.9. The maximum absolute atomic E-state index is 11.8. The summed E-state index contributed by atoms with van der Waals surface area (Å²) in [4.78, 5) is 39.8. The topological polar surface area (TPSA) is 76.6 Å². The lowest BCUT2D eigenvalue weighted by Gasteiger charge is -2.03. The maximum Gasteiger partial charge on any atom is 0.339 e. The third-order valence-corrected chi connectivity index (χ3v) is 2.91. The predicted molar refractivity (Wildman–Crippen MR) is 70.6 cm³/mol. The first-order valence-corrected chi connectivity index (χ1v) is 6.16. The highest BCUT2D eigenvalue weighted by atomic mass is 16.5. The molecular weight excluding hydrogens is 260 g/mol. The Morgan fingerprint density at radius 2 is 2.20 bits per heavy atom. The standard InChI is InChI=1S/C14H14N2O4/c1-3-20-14(19)11-5-9(7-15-8-11)4-10-6-12(17)16(2)13(10)18/h4-5,7-8H,3,6H2,1-2H3/b10-4+. The number of hydrogen-bond donors (Lipinski definition) is 0. The van der Waals surface area contributed by atoms with Gasteiger partial charge in [-0.25, -0.2) is 4.79 Å². The monoisotopic (exact) mass is 274 g/mol. The van der Waals surface area contributed by atoms with Crippen LogP contribution in [0.4, 0.5) is 0 Å². The molecule has 0 unspecified atom stereocenters. The van der Waals surface area contributed by atoms with Crippen LogP contribution in [0, 0.1) is 0 Å². The molecule has 1 aliphatic rings. The van der Waals surface area contributed by atoms with Crippen LogP contribution in [0.3, 0.4) is 0 Å². The highest BCUT2D eigenvalue weighted by Gasteiger charge is 2.30. The first-order chi connectivity index (χ1) is 9.52. The Morgan fingerprint density at radius 3 is 2.80 bits per heavy atom.